The first-order chi connectivity index (χ1) is 13.2. The van der Waals surface area contributed by atoms with Crippen molar-refractivity contribution in [2.24, 2.45) is 0 Å². The number of hydrogen-bond acceptors (Lipinski definition) is 6. The Morgan fingerprint density at radius 1 is 1.07 bits per heavy atom. The van der Waals surface area contributed by atoms with Crippen molar-refractivity contribution in [1.29, 1.82) is 0 Å². The van der Waals surface area contributed by atoms with Gasteiger partial charge in [-0.3, -0.25) is 4.79 Å². The van der Waals surface area contributed by atoms with Gasteiger partial charge >= 0.3 is 0 Å². The lowest BCUT2D eigenvalue weighted by atomic mass is 10.1. The van der Waals surface area contributed by atoms with Crippen molar-refractivity contribution in [3.8, 4) is 23.0 Å². The average molecular weight is 373 g/mol. The van der Waals surface area contributed by atoms with Gasteiger partial charge < -0.3 is 29.4 Å². The van der Waals surface area contributed by atoms with Crippen LogP contribution in [0.5, 0.6) is 23.0 Å². The molecule has 1 amide bonds. The lowest BCUT2D eigenvalue weighted by Crippen LogP contribution is -2.32. The van der Waals surface area contributed by atoms with E-state index in [-0.39, 0.29) is 19.1 Å². The van der Waals surface area contributed by atoms with Gasteiger partial charge in [0.2, 0.25) is 0 Å². The zero-order valence-corrected chi connectivity index (χ0v) is 15.1. The molecule has 3 rings (SSSR count). The molecule has 1 atom stereocenters. The molecule has 0 saturated heterocycles. The number of amides is 1. The minimum Gasteiger partial charge on any atom is -0.494 e. The molecule has 0 radical (unpaired) electrons. The van der Waals surface area contributed by atoms with Crippen molar-refractivity contribution >= 4 is 5.91 Å². The van der Waals surface area contributed by atoms with Gasteiger partial charge in [-0.25, -0.2) is 0 Å². The summed E-state index contributed by atoms with van der Waals surface area (Å²) in [6.07, 6.45) is -0.852. The van der Waals surface area contributed by atoms with E-state index in [1.165, 1.54) is 0 Å². The number of carbonyl (C=O) groups is 1. The van der Waals surface area contributed by atoms with Crippen LogP contribution in [0, 0.1) is 0 Å². The minimum atomic E-state index is -0.852. The molecule has 0 bridgehead atoms. The van der Waals surface area contributed by atoms with Gasteiger partial charge in [0.15, 0.2) is 18.1 Å². The molecular weight excluding hydrogens is 350 g/mol. The normalized spacial score (nSPS) is 13.6. The Morgan fingerprint density at radius 2 is 1.74 bits per heavy atom. The number of rotatable bonds is 8. The van der Waals surface area contributed by atoms with Gasteiger partial charge in [-0.15, -0.1) is 0 Å². The molecule has 27 heavy (non-hydrogen) atoms. The van der Waals surface area contributed by atoms with Gasteiger partial charge in [-0.1, -0.05) is 6.07 Å². The van der Waals surface area contributed by atoms with E-state index in [1.54, 1.807) is 42.5 Å². The molecule has 7 nitrogen and oxygen atoms in total. The number of carbonyl (C=O) groups excluding carboxylic acids is 1. The molecule has 2 aromatic carbocycles. The molecule has 0 spiro atoms. The highest BCUT2D eigenvalue weighted by atomic mass is 16.6. The summed E-state index contributed by atoms with van der Waals surface area (Å²) in [5.41, 5.74) is 0.645. The van der Waals surface area contributed by atoms with Gasteiger partial charge in [0.25, 0.3) is 5.91 Å². The Labute approximate surface area is 157 Å². The molecule has 1 heterocycles. The molecule has 144 valence electrons. The number of hydrogen-bond donors (Lipinski definition) is 2. The predicted octanol–water partition coefficient (Wildman–Crippen LogP) is 2.09. The Morgan fingerprint density at radius 3 is 2.44 bits per heavy atom. The predicted molar refractivity (Wildman–Crippen MR) is 98.5 cm³/mol. The van der Waals surface area contributed by atoms with Gasteiger partial charge in [-0.05, 0) is 48.9 Å². The summed E-state index contributed by atoms with van der Waals surface area (Å²) in [7, 11) is 0. The lowest BCUT2D eigenvalue weighted by molar-refractivity contribution is -0.123. The van der Waals surface area contributed by atoms with Crippen molar-refractivity contribution in [1.82, 2.24) is 5.32 Å². The first kappa shape index (κ1) is 18.8. The van der Waals surface area contributed by atoms with Crippen LogP contribution >= 0.6 is 0 Å². The Balaban J connectivity index is 1.44. The van der Waals surface area contributed by atoms with Crippen LogP contribution in [0.2, 0.25) is 0 Å². The van der Waals surface area contributed by atoms with Crippen molar-refractivity contribution in [2.45, 2.75) is 13.0 Å². The summed E-state index contributed by atoms with van der Waals surface area (Å²) in [5, 5.41) is 12.9. The highest BCUT2D eigenvalue weighted by molar-refractivity contribution is 5.77. The van der Waals surface area contributed by atoms with Crippen LogP contribution in [0.25, 0.3) is 0 Å². The number of aliphatic hydroxyl groups is 1. The van der Waals surface area contributed by atoms with E-state index in [9.17, 15) is 9.90 Å². The summed E-state index contributed by atoms with van der Waals surface area (Å²) in [6.45, 7) is 3.43. The Kier molecular flexibility index (Phi) is 6.38. The molecule has 7 heteroatoms. The fourth-order valence-electron chi connectivity index (χ4n) is 2.59. The molecule has 1 unspecified atom stereocenters. The van der Waals surface area contributed by atoms with Crippen molar-refractivity contribution in [3.05, 3.63) is 48.0 Å². The van der Waals surface area contributed by atoms with Crippen LogP contribution in [0.4, 0.5) is 0 Å². The Hall–Kier alpha value is -2.93. The van der Waals surface area contributed by atoms with Crippen LogP contribution in [0.1, 0.15) is 18.6 Å². The third-order valence-electron chi connectivity index (χ3n) is 3.95. The summed E-state index contributed by atoms with van der Waals surface area (Å²) in [6, 6.07) is 12.3. The molecule has 1 aliphatic rings. The third-order valence-corrected chi connectivity index (χ3v) is 3.95. The topological polar surface area (TPSA) is 86.3 Å². The highest BCUT2D eigenvalue weighted by Gasteiger charge is 2.16. The van der Waals surface area contributed by atoms with Gasteiger partial charge in [0, 0.05) is 6.54 Å². The van der Waals surface area contributed by atoms with Gasteiger partial charge in [0.05, 0.1) is 12.7 Å². The fraction of sp³-hybridized carbons (Fsp3) is 0.350. The summed E-state index contributed by atoms with van der Waals surface area (Å²) in [5.74, 6) is 2.26. The maximum atomic E-state index is 11.9. The summed E-state index contributed by atoms with van der Waals surface area (Å²) < 4.78 is 21.7. The second-order valence-corrected chi connectivity index (χ2v) is 5.92. The zero-order valence-electron chi connectivity index (χ0n) is 15.1. The fourth-order valence-corrected chi connectivity index (χ4v) is 2.59. The molecule has 0 saturated carbocycles. The van der Waals surface area contributed by atoms with Crippen LogP contribution in [0.3, 0.4) is 0 Å². The number of aliphatic hydroxyl groups excluding tert-OH is 1. The van der Waals surface area contributed by atoms with Crippen molar-refractivity contribution in [2.75, 3.05) is 33.0 Å². The molecule has 0 aliphatic carbocycles. The molecule has 1 aliphatic heterocycles. The number of ether oxygens (including phenoxy) is 4. The number of benzene rings is 2. The molecule has 2 aromatic rings. The first-order valence-electron chi connectivity index (χ1n) is 8.85. The van der Waals surface area contributed by atoms with Crippen LogP contribution < -0.4 is 24.3 Å². The smallest absolute Gasteiger partial charge is 0.258 e. The van der Waals surface area contributed by atoms with E-state index in [4.69, 9.17) is 18.9 Å². The van der Waals surface area contributed by atoms with Crippen molar-refractivity contribution in [3.63, 3.8) is 0 Å². The molecule has 0 aromatic heterocycles. The van der Waals surface area contributed by atoms with Crippen LogP contribution in [-0.4, -0.2) is 44.0 Å². The SMILES string of the molecule is CCOc1ccc(OCC(=O)NCC(O)c2ccc3c(c2)OCCO3)cc1. The minimum absolute atomic E-state index is 0.0745. The average Bonchev–Trinajstić information content (AvgIpc) is 2.71. The summed E-state index contributed by atoms with van der Waals surface area (Å²) in [4.78, 5) is 11.9. The van der Waals surface area contributed by atoms with Gasteiger partial charge in [0.1, 0.15) is 24.7 Å². The molecule has 2 N–H and O–H groups in total. The van der Waals surface area contributed by atoms with Crippen molar-refractivity contribution < 1.29 is 28.8 Å². The van der Waals surface area contributed by atoms with E-state index < -0.39 is 6.10 Å². The van der Waals surface area contributed by atoms with E-state index >= 15 is 0 Å². The van der Waals surface area contributed by atoms with Gasteiger partial charge in [-0.2, -0.15) is 0 Å². The van der Waals surface area contributed by atoms with E-state index in [1.807, 2.05) is 6.92 Å². The van der Waals surface area contributed by atoms with Crippen LogP contribution in [-0.2, 0) is 4.79 Å². The quantitative estimate of drug-likeness (QED) is 0.737. The maximum Gasteiger partial charge on any atom is 0.258 e. The molecular formula is C20H23NO6. The zero-order chi connectivity index (χ0) is 19.1. The maximum absolute atomic E-state index is 11.9. The second kappa shape index (κ2) is 9.14. The first-order valence-corrected chi connectivity index (χ1v) is 8.85. The largest absolute Gasteiger partial charge is 0.494 e. The molecule has 0 fully saturated rings. The standard InChI is InChI=1S/C20H23NO6/c1-2-24-15-4-6-16(7-5-15)27-13-20(23)21-12-17(22)14-3-8-18-19(11-14)26-10-9-25-18/h3-8,11,17,22H,2,9-10,12-13H2,1H3,(H,21,23). The summed E-state index contributed by atoms with van der Waals surface area (Å²) >= 11 is 0. The number of nitrogens with one attached hydrogen (secondary N) is 1. The monoisotopic (exact) mass is 373 g/mol. The number of fused-ring (bicyclic) bond motifs is 1. The third kappa shape index (κ3) is 5.27. The highest BCUT2D eigenvalue weighted by Crippen LogP contribution is 2.32. The van der Waals surface area contributed by atoms with E-state index in [0.717, 1.165) is 5.75 Å². The van der Waals surface area contributed by atoms with E-state index in [2.05, 4.69) is 5.32 Å². The Bertz CT molecular complexity index is 762. The van der Waals surface area contributed by atoms with E-state index in [0.29, 0.717) is 42.6 Å². The second-order valence-electron chi connectivity index (χ2n) is 5.92. The van der Waals surface area contributed by atoms with Crippen LogP contribution in [0.15, 0.2) is 42.5 Å². The lowest BCUT2D eigenvalue weighted by Gasteiger charge is -2.20.